The zero-order chi connectivity index (χ0) is 13.4. The molecule has 0 amide bonds. The molecule has 2 aromatic rings. The molecule has 3 atom stereocenters. The van der Waals surface area contributed by atoms with Crippen molar-refractivity contribution in [1.82, 2.24) is 9.55 Å². The van der Waals surface area contributed by atoms with Crippen LogP contribution in [0.3, 0.4) is 0 Å². The molecular weight excluding hydrogens is 374 g/mol. The first-order valence-electron chi connectivity index (χ1n) is 6.31. The van der Waals surface area contributed by atoms with E-state index in [4.69, 9.17) is 4.74 Å². The van der Waals surface area contributed by atoms with Gasteiger partial charge in [-0.1, -0.05) is 0 Å². The molecule has 4 nitrogen and oxygen atoms in total. The van der Waals surface area contributed by atoms with Crippen molar-refractivity contribution in [2.45, 2.75) is 25.4 Å². The Bertz CT molecular complexity index is 602. The highest BCUT2D eigenvalue weighted by molar-refractivity contribution is 14.2. The van der Waals surface area contributed by atoms with Crippen molar-refractivity contribution in [2.24, 2.45) is 0 Å². The fraction of sp³-hybridized carbons (Fsp3) is 0.462. The Morgan fingerprint density at radius 3 is 3.11 bits per heavy atom. The number of aliphatic hydroxyl groups excluding tert-OH is 1. The summed E-state index contributed by atoms with van der Waals surface area (Å²) in [5.74, 6) is 0.180. The van der Waals surface area contributed by atoms with Crippen LogP contribution in [0.15, 0.2) is 18.3 Å². The number of hydrogen-bond donors (Lipinski definition) is 1. The van der Waals surface area contributed by atoms with Crippen LogP contribution in [0.2, 0.25) is 0 Å². The molecule has 0 radical (unpaired) electrons. The fourth-order valence-corrected chi connectivity index (χ4v) is 4.30. The number of nitrogens with zero attached hydrogens (tertiary/aromatic N) is 2. The van der Waals surface area contributed by atoms with Gasteiger partial charge in [-0.05, 0) is 58.6 Å². The number of aryl methyl sites for hydroxylation is 1. The highest BCUT2D eigenvalue weighted by Crippen LogP contribution is 2.35. The average molecular weight is 390 g/mol. The van der Waals surface area contributed by atoms with Crippen LogP contribution in [-0.4, -0.2) is 34.0 Å². The normalized spacial score (nSPS) is 24.6. The summed E-state index contributed by atoms with van der Waals surface area (Å²) in [4.78, 5) is 0. The second-order valence-corrected chi connectivity index (χ2v) is 6.99. The van der Waals surface area contributed by atoms with Crippen molar-refractivity contribution in [3.63, 3.8) is 0 Å². The molecule has 1 N–H and O–H groups in total. The second-order valence-electron chi connectivity index (χ2n) is 4.95. The van der Waals surface area contributed by atoms with E-state index in [1.54, 1.807) is 0 Å². The minimum atomic E-state index is -0.400. The molecular formula is C13H16IN2O2P. The maximum atomic E-state index is 10.1. The van der Waals surface area contributed by atoms with E-state index < -0.39 is 6.10 Å². The lowest BCUT2D eigenvalue weighted by Gasteiger charge is -2.29. The maximum Gasteiger partial charge on any atom is 0.0842 e. The molecule has 1 aromatic heterocycles. The monoisotopic (exact) mass is 390 g/mol. The first-order valence-corrected chi connectivity index (χ1v) is 10.4. The van der Waals surface area contributed by atoms with Crippen molar-refractivity contribution in [2.75, 3.05) is 13.2 Å². The van der Waals surface area contributed by atoms with E-state index in [0.717, 1.165) is 18.5 Å². The van der Waals surface area contributed by atoms with Gasteiger partial charge in [-0.25, -0.2) is 4.45 Å². The van der Waals surface area contributed by atoms with Crippen LogP contribution >= 0.6 is 28.4 Å². The SMILES string of the molecule is Cc1cc2cnn(PI)c2cc1C1CCOCC1O. The molecule has 102 valence electrons. The summed E-state index contributed by atoms with van der Waals surface area (Å²) < 4.78 is 7.34. The zero-order valence-corrected chi connectivity index (χ0v) is 13.8. The fourth-order valence-electron chi connectivity index (χ4n) is 2.76. The minimum Gasteiger partial charge on any atom is -0.390 e. The van der Waals surface area contributed by atoms with Crippen LogP contribution < -0.4 is 0 Å². The molecule has 3 rings (SSSR count). The van der Waals surface area contributed by atoms with Gasteiger partial charge in [-0.3, -0.25) is 0 Å². The molecule has 19 heavy (non-hydrogen) atoms. The first-order chi connectivity index (χ1) is 9.20. The van der Waals surface area contributed by atoms with Crippen LogP contribution in [0, 0.1) is 6.92 Å². The predicted molar refractivity (Wildman–Crippen MR) is 86.4 cm³/mol. The Balaban J connectivity index is 2.09. The number of benzene rings is 1. The molecule has 0 saturated carbocycles. The third-order valence-corrected chi connectivity index (χ3v) is 5.65. The van der Waals surface area contributed by atoms with Crippen LogP contribution in [0.4, 0.5) is 0 Å². The van der Waals surface area contributed by atoms with Gasteiger partial charge in [0, 0.05) is 17.9 Å². The quantitative estimate of drug-likeness (QED) is 0.634. The van der Waals surface area contributed by atoms with Gasteiger partial charge < -0.3 is 9.84 Å². The summed E-state index contributed by atoms with van der Waals surface area (Å²) in [5, 5.41) is 15.7. The van der Waals surface area contributed by atoms with Crippen LogP contribution in [0.5, 0.6) is 0 Å². The smallest absolute Gasteiger partial charge is 0.0842 e. The number of aliphatic hydroxyl groups is 1. The summed E-state index contributed by atoms with van der Waals surface area (Å²) in [6.45, 7) is 3.28. The molecule has 1 fully saturated rings. The van der Waals surface area contributed by atoms with Crippen molar-refractivity contribution < 1.29 is 9.84 Å². The molecule has 0 bridgehead atoms. The van der Waals surface area contributed by atoms with Gasteiger partial charge in [0.25, 0.3) is 0 Å². The Morgan fingerprint density at radius 1 is 1.53 bits per heavy atom. The minimum absolute atomic E-state index is 0.180. The molecule has 6 heteroatoms. The molecule has 0 aliphatic carbocycles. The molecule has 1 aliphatic rings. The van der Waals surface area contributed by atoms with E-state index in [1.807, 2.05) is 10.6 Å². The lowest BCUT2D eigenvalue weighted by atomic mass is 9.86. The number of ether oxygens (including phenoxy) is 1. The summed E-state index contributed by atoms with van der Waals surface area (Å²) >= 11 is 2.34. The number of aromatic nitrogens is 2. The van der Waals surface area contributed by atoms with E-state index >= 15 is 0 Å². The van der Waals surface area contributed by atoms with E-state index in [-0.39, 0.29) is 5.92 Å². The summed E-state index contributed by atoms with van der Waals surface area (Å²) in [7, 11) is 0. The Kier molecular flexibility index (Phi) is 4.08. The second kappa shape index (κ2) is 5.64. The lowest BCUT2D eigenvalue weighted by Crippen LogP contribution is -2.30. The van der Waals surface area contributed by atoms with Crippen molar-refractivity contribution in [3.8, 4) is 0 Å². The number of fused-ring (bicyclic) bond motifs is 1. The van der Waals surface area contributed by atoms with Gasteiger partial charge in [0.2, 0.25) is 0 Å². The molecule has 2 heterocycles. The average Bonchev–Trinajstić information content (AvgIpc) is 2.80. The number of hydrogen-bond acceptors (Lipinski definition) is 3. The Hall–Kier alpha value is -0.230. The van der Waals surface area contributed by atoms with Gasteiger partial charge in [-0.15, -0.1) is 0 Å². The lowest BCUT2D eigenvalue weighted by molar-refractivity contribution is -0.0206. The molecule has 0 spiro atoms. The third kappa shape index (κ3) is 2.53. The van der Waals surface area contributed by atoms with Crippen molar-refractivity contribution >= 4 is 39.3 Å². The van der Waals surface area contributed by atoms with Crippen LogP contribution in [-0.2, 0) is 4.74 Å². The summed E-state index contributed by atoms with van der Waals surface area (Å²) in [6, 6.07) is 4.37. The van der Waals surface area contributed by atoms with Crippen molar-refractivity contribution in [3.05, 3.63) is 29.5 Å². The highest BCUT2D eigenvalue weighted by atomic mass is 127. The van der Waals surface area contributed by atoms with Crippen molar-refractivity contribution in [1.29, 1.82) is 0 Å². The predicted octanol–water partition coefficient (Wildman–Crippen LogP) is 3.00. The molecule has 1 aliphatic heterocycles. The summed E-state index contributed by atoms with van der Waals surface area (Å²) in [6.07, 6.45) is 2.99. The topological polar surface area (TPSA) is 47.3 Å². The Morgan fingerprint density at radius 2 is 2.37 bits per heavy atom. The van der Waals surface area contributed by atoms with Gasteiger partial charge in [0.1, 0.15) is 0 Å². The zero-order valence-electron chi connectivity index (χ0n) is 10.6. The van der Waals surface area contributed by atoms with Gasteiger partial charge in [0.15, 0.2) is 0 Å². The largest absolute Gasteiger partial charge is 0.390 e. The Labute approximate surface area is 126 Å². The van der Waals surface area contributed by atoms with Gasteiger partial charge >= 0.3 is 0 Å². The third-order valence-electron chi connectivity index (χ3n) is 3.76. The molecule has 1 aromatic carbocycles. The van der Waals surface area contributed by atoms with E-state index in [0.29, 0.717) is 13.0 Å². The highest BCUT2D eigenvalue weighted by Gasteiger charge is 2.27. The van der Waals surface area contributed by atoms with E-state index in [2.05, 4.69) is 46.2 Å². The van der Waals surface area contributed by atoms with E-state index in [9.17, 15) is 5.11 Å². The standard InChI is InChI=1S/C13H16IN2O2P/c1-8-4-9-6-15-16(19-14)12(9)5-11(8)10-2-3-18-7-13(10)17/h4-6,10,13,17,19H,2-3,7H2,1H3. The van der Waals surface area contributed by atoms with Crippen LogP contribution in [0.25, 0.3) is 10.9 Å². The number of halogens is 1. The van der Waals surface area contributed by atoms with Gasteiger partial charge in [-0.2, -0.15) is 5.10 Å². The van der Waals surface area contributed by atoms with Gasteiger partial charge in [0.05, 0.1) is 30.8 Å². The molecule has 3 unspecified atom stereocenters. The first kappa shape index (κ1) is 13.7. The maximum absolute atomic E-state index is 10.1. The summed E-state index contributed by atoms with van der Waals surface area (Å²) in [5.41, 5.74) is 3.63. The van der Waals surface area contributed by atoms with Crippen LogP contribution in [0.1, 0.15) is 23.5 Å². The van der Waals surface area contributed by atoms with E-state index in [1.165, 1.54) is 16.5 Å². The molecule has 1 saturated heterocycles. The number of rotatable bonds is 2.